The van der Waals surface area contributed by atoms with Crippen LogP contribution in [-0.4, -0.2) is 48.4 Å². The highest BCUT2D eigenvalue weighted by Crippen LogP contribution is 2.31. The normalized spacial score (nSPS) is 20.8. The number of carbonyl (C=O) groups excluding carboxylic acids is 1. The van der Waals surface area contributed by atoms with E-state index in [9.17, 15) is 4.79 Å². The summed E-state index contributed by atoms with van der Waals surface area (Å²) in [7, 11) is 0. The maximum atomic E-state index is 13.9. The van der Waals surface area contributed by atoms with Gasteiger partial charge in [-0.05, 0) is 63.5 Å². The first-order valence-corrected chi connectivity index (χ1v) is 13.2. The van der Waals surface area contributed by atoms with Gasteiger partial charge in [0.25, 0.3) is 5.91 Å². The Bertz CT molecular complexity index is 1160. The van der Waals surface area contributed by atoms with Crippen LogP contribution in [0.1, 0.15) is 90.7 Å². The molecule has 0 bridgehead atoms. The maximum Gasteiger partial charge on any atom is 0.274 e. The van der Waals surface area contributed by atoms with E-state index in [0.29, 0.717) is 12.2 Å². The fourth-order valence-electron chi connectivity index (χ4n) is 6.06. The zero-order valence-corrected chi connectivity index (χ0v) is 20.0. The van der Waals surface area contributed by atoms with Crippen LogP contribution in [0.15, 0.2) is 30.3 Å². The van der Waals surface area contributed by atoms with Crippen molar-refractivity contribution in [2.24, 2.45) is 0 Å². The zero-order chi connectivity index (χ0) is 22.9. The zero-order valence-electron chi connectivity index (χ0n) is 20.0. The van der Waals surface area contributed by atoms with Gasteiger partial charge in [0, 0.05) is 43.2 Å². The van der Waals surface area contributed by atoms with Crippen molar-refractivity contribution >= 4 is 5.91 Å². The first kappa shape index (κ1) is 21.6. The van der Waals surface area contributed by atoms with E-state index in [-0.39, 0.29) is 11.8 Å². The third-order valence-corrected chi connectivity index (χ3v) is 7.85. The van der Waals surface area contributed by atoms with E-state index in [2.05, 4.69) is 26.9 Å². The van der Waals surface area contributed by atoms with Gasteiger partial charge in [-0.2, -0.15) is 5.10 Å². The molecule has 7 heteroatoms. The van der Waals surface area contributed by atoms with Gasteiger partial charge in [0.05, 0.1) is 5.69 Å². The number of piperidine rings is 1. The van der Waals surface area contributed by atoms with Crippen LogP contribution >= 0.6 is 0 Å². The maximum absolute atomic E-state index is 13.9. The molecule has 0 spiro atoms. The smallest absolute Gasteiger partial charge is 0.274 e. The Morgan fingerprint density at radius 1 is 0.853 bits per heavy atom. The molecule has 0 saturated carbocycles. The Hall–Kier alpha value is -2.96. The summed E-state index contributed by atoms with van der Waals surface area (Å²) in [6.07, 6.45) is 12.2. The lowest BCUT2D eigenvalue weighted by molar-refractivity contribution is 0.0695. The van der Waals surface area contributed by atoms with Gasteiger partial charge in [0.2, 0.25) is 0 Å². The van der Waals surface area contributed by atoms with Gasteiger partial charge < -0.3 is 9.47 Å². The summed E-state index contributed by atoms with van der Waals surface area (Å²) in [5, 5.41) is 14.1. The summed E-state index contributed by atoms with van der Waals surface area (Å²) < 4.78 is 4.38. The fraction of sp³-hybridized carbons (Fsp3) is 0.556. The number of likely N-dealkylation sites (tertiary alicyclic amines) is 1. The Morgan fingerprint density at radius 3 is 2.59 bits per heavy atom. The highest BCUT2D eigenvalue weighted by atomic mass is 16.2. The average molecular weight is 459 g/mol. The summed E-state index contributed by atoms with van der Waals surface area (Å²) >= 11 is 0. The summed E-state index contributed by atoms with van der Waals surface area (Å²) in [6.45, 7) is 2.52. The third kappa shape index (κ3) is 3.95. The highest BCUT2D eigenvalue weighted by Gasteiger charge is 2.33. The number of carbonyl (C=O) groups is 1. The van der Waals surface area contributed by atoms with E-state index in [1.54, 1.807) is 0 Å². The van der Waals surface area contributed by atoms with Crippen molar-refractivity contribution in [2.45, 2.75) is 83.1 Å². The Balaban J connectivity index is 1.30. The minimum Gasteiger partial charge on any atom is -0.337 e. The molecule has 34 heavy (non-hydrogen) atoms. The van der Waals surface area contributed by atoms with Crippen LogP contribution in [0, 0.1) is 0 Å². The lowest BCUT2D eigenvalue weighted by atomic mass is 9.96. The van der Waals surface area contributed by atoms with Crippen molar-refractivity contribution in [3.8, 4) is 5.69 Å². The predicted octanol–water partition coefficient (Wildman–Crippen LogP) is 4.48. The molecule has 4 heterocycles. The molecule has 1 aromatic carbocycles. The molecule has 1 fully saturated rings. The Labute approximate surface area is 201 Å². The van der Waals surface area contributed by atoms with Crippen LogP contribution in [-0.2, 0) is 25.8 Å². The molecule has 0 N–H and O–H groups in total. The standard InChI is InChI=1S/C27H34N6O/c34-27(25-22-14-6-2-7-15-23(22)33(30-25)21-12-4-1-5-13-21)31-17-10-11-20(19-31)26-29-28-24-16-8-3-9-18-32(24)26/h1,4-5,12-13,20H,2-3,6-11,14-19H2. The number of aryl methyl sites for hydroxylation is 1. The SMILES string of the molecule is O=C(c1nn(-c2ccccc2)c2c1CCCCC2)N1CCCC(c2nnc3n2CCCCC3)C1. The molecule has 1 saturated heterocycles. The number of para-hydroxylation sites is 1. The second-order valence-electron chi connectivity index (χ2n) is 10.1. The van der Waals surface area contributed by atoms with Crippen LogP contribution in [0.5, 0.6) is 0 Å². The molecule has 1 aliphatic carbocycles. The lowest BCUT2D eigenvalue weighted by Crippen LogP contribution is -2.40. The van der Waals surface area contributed by atoms with Crippen LogP contribution < -0.4 is 0 Å². The number of hydrogen-bond acceptors (Lipinski definition) is 4. The highest BCUT2D eigenvalue weighted by molar-refractivity contribution is 5.94. The van der Waals surface area contributed by atoms with E-state index in [1.807, 2.05) is 27.8 Å². The van der Waals surface area contributed by atoms with Gasteiger partial charge in [0.15, 0.2) is 5.69 Å². The predicted molar refractivity (Wildman–Crippen MR) is 130 cm³/mol. The molecule has 7 nitrogen and oxygen atoms in total. The molecule has 1 atom stereocenters. The second-order valence-corrected chi connectivity index (χ2v) is 10.1. The van der Waals surface area contributed by atoms with E-state index >= 15 is 0 Å². The Kier molecular flexibility index (Phi) is 5.93. The molecule has 3 aromatic rings. The van der Waals surface area contributed by atoms with E-state index in [0.717, 1.165) is 75.4 Å². The number of nitrogens with zero attached hydrogens (tertiary/aromatic N) is 6. The number of benzene rings is 1. The first-order valence-electron chi connectivity index (χ1n) is 13.2. The molecule has 2 aliphatic heterocycles. The molecular weight excluding hydrogens is 424 g/mol. The molecule has 0 radical (unpaired) electrons. The minimum absolute atomic E-state index is 0.0909. The minimum atomic E-state index is 0.0909. The third-order valence-electron chi connectivity index (χ3n) is 7.85. The van der Waals surface area contributed by atoms with Crippen LogP contribution in [0.25, 0.3) is 5.69 Å². The van der Waals surface area contributed by atoms with Crippen LogP contribution in [0.3, 0.4) is 0 Å². The monoisotopic (exact) mass is 458 g/mol. The van der Waals surface area contributed by atoms with Crippen molar-refractivity contribution in [1.29, 1.82) is 0 Å². The molecule has 2 aromatic heterocycles. The number of rotatable bonds is 3. The first-order chi connectivity index (χ1) is 16.8. The van der Waals surface area contributed by atoms with E-state index in [1.165, 1.54) is 36.9 Å². The largest absolute Gasteiger partial charge is 0.337 e. The molecule has 178 valence electrons. The van der Waals surface area contributed by atoms with E-state index in [4.69, 9.17) is 5.10 Å². The van der Waals surface area contributed by atoms with Crippen molar-refractivity contribution in [3.63, 3.8) is 0 Å². The number of aromatic nitrogens is 5. The summed E-state index contributed by atoms with van der Waals surface area (Å²) in [6, 6.07) is 10.3. The van der Waals surface area contributed by atoms with Gasteiger partial charge in [0.1, 0.15) is 11.6 Å². The fourth-order valence-corrected chi connectivity index (χ4v) is 6.06. The van der Waals surface area contributed by atoms with Crippen molar-refractivity contribution in [3.05, 3.63) is 58.9 Å². The van der Waals surface area contributed by atoms with Crippen LogP contribution in [0.4, 0.5) is 0 Å². The summed E-state index contributed by atoms with van der Waals surface area (Å²) in [4.78, 5) is 15.9. The van der Waals surface area contributed by atoms with Crippen molar-refractivity contribution in [2.75, 3.05) is 13.1 Å². The Morgan fingerprint density at radius 2 is 1.68 bits per heavy atom. The van der Waals surface area contributed by atoms with Gasteiger partial charge in [-0.25, -0.2) is 4.68 Å². The average Bonchev–Trinajstić information content (AvgIpc) is 3.24. The number of fused-ring (bicyclic) bond motifs is 2. The van der Waals surface area contributed by atoms with Crippen molar-refractivity contribution in [1.82, 2.24) is 29.4 Å². The van der Waals surface area contributed by atoms with Gasteiger partial charge in [-0.1, -0.05) is 31.0 Å². The van der Waals surface area contributed by atoms with Crippen molar-refractivity contribution < 1.29 is 4.79 Å². The molecule has 1 unspecified atom stereocenters. The second kappa shape index (κ2) is 9.35. The molecule has 1 amide bonds. The van der Waals surface area contributed by atoms with Gasteiger partial charge in [-0.3, -0.25) is 4.79 Å². The number of amides is 1. The summed E-state index contributed by atoms with van der Waals surface area (Å²) in [5.74, 6) is 2.56. The topological polar surface area (TPSA) is 68.8 Å². The van der Waals surface area contributed by atoms with Gasteiger partial charge in [-0.15, -0.1) is 10.2 Å². The molecule has 3 aliphatic rings. The lowest BCUT2D eigenvalue weighted by Gasteiger charge is -2.32. The molecule has 6 rings (SSSR count). The van der Waals surface area contributed by atoms with Gasteiger partial charge >= 0.3 is 0 Å². The van der Waals surface area contributed by atoms with E-state index < -0.39 is 0 Å². The summed E-state index contributed by atoms with van der Waals surface area (Å²) in [5.41, 5.74) is 4.11. The number of hydrogen-bond donors (Lipinski definition) is 0. The molecular formula is C27H34N6O. The van der Waals surface area contributed by atoms with Crippen LogP contribution in [0.2, 0.25) is 0 Å². The quantitative estimate of drug-likeness (QED) is 0.543.